The predicted octanol–water partition coefficient (Wildman–Crippen LogP) is 0.759. The Morgan fingerprint density at radius 2 is 1.67 bits per heavy atom. The second kappa shape index (κ2) is 9.27. The fraction of sp³-hybridized carbons (Fsp3) is 0.833. The Morgan fingerprint density at radius 1 is 1.14 bits per heavy atom. The number of aliphatic carboxylic acids is 1. The third-order valence-electron chi connectivity index (χ3n) is 2.67. The molecule has 4 N–H and O–H groups in total. The minimum Gasteiger partial charge on any atom is -0.480 e. The standard InChI is InChI=1S/C12H25N2O6P/c1-8(2)11(16)9(3)13-21(19,20-7-5-6-15)14-10(4)12(17)18/h8-10,15H,5-7H2,1-4H3,(H,17,18)(H2,13,14,19). The van der Waals surface area contributed by atoms with Crippen molar-refractivity contribution in [1.29, 1.82) is 0 Å². The summed E-state index contributed by atoms with van der Waals surface area (Å²) in [5, 5.41) is 22.5. The van der Waals surface area contributed by atoms with Gasteiger partial charge in [0.1, 0.15) is 6.04 Å². The molecule has 0 aromatic carbocycles. The molecule has 0 aromatic rings. The Bertz CT molecular complexity index is 401. The summed E-state index contributed by atoms with van der Waals surface area (Å²) in [6.45, 7) is 6.12. The molecular weight excluding hydrogens is 299 g/mol. The molecule has 3 atom stereocenters. The summed E-state index contributed by atoms with van der Waals surface area (Å²) >= 11 is 0. The van der Waals surface area contributed by atoms with Crippen molar-refractivity contribution in [2.75, 3.05) is 13.2 Å². The van der Waals surface area contributed by atoms with Gasteiger partial charge < -0.3 is 14.7 Å². The molecule has 21 heavy (non-hydrogen) atoms. The van der Waals surface area contributed by atoms with Gasteiger partial charge in [0.15, 0.2) is 5.78 Å². The summed E-state index contributed by atoms with van der Waals surface area (Å²) in [4.78, 5) is 22.7. The first-order valence-electron chi connectivity index (χ1n) is 6.80. The van der Waals surface area contributed by atoms with E-state index < -0.39 is 25.7 Å². The molecule has 0 fully saturated rings. The van der Waals surface area contributed by atoms with E-state index in [1.54, 1.807) is 13.8 Å². The Kier molecular flexibility index (Phi) is 8.92. The first kappa shape index (κ1) is 20.2. The molecule has 8 nitrogen and oxygen atoms in total. The third-order valence-corrected chi connectivity index (χ3v) is 4.67. The van der Waals surface area contributed by atoms with Crippen LogP contribution in [-0.4, -0.2) is 47.3 Å². The number of rotatable bonds is 11. The lowest BCUT2D eigenvalue weighted by Gasteiger charge is -2.25. The van der Waals surface area contributed by atoms with Gasteiger partial charge in [-0.25, -0.2) is 10.2 Å². The molecule has 0 rings (SSSR count). The molecule has 0 amide bonds. The van der Waals surface area contributed by atoms with Crippen molar-refractivity contribution in [2.24, 2.45) is 5.92 Å². The molecule has 0 saturated heterocycles. The van der Waals surface area contributed by atoms with Crippen molar-refractivity contribution in [2.45, 2.75) is 46.2 Å². The molecule has 0 heterocycles. The van der Waals surface area contributed by atoms with Gasteiger partial charge in [-0.15, -0.1) is 0 Å². The maximum Gasteiger partial charge on any atom is 0.342 e. The number of hydrogen-bond donors (Lipinski definition) is 4. The normalized spacial score (nSPS) is 17.2. The van der Waals surface area contributed by atoms with Crippen molar-refractivity contribution < 1.29 is 28.9 Å². The average molecular weight is 324 g/mol. The fourth-order valence-electron chi connectivity index (χ4n) is 1.50. The Hall–Kier alpha value is -0.790. The predicted molar refractivity (Wildman–Crippen MR) is 77.9 cm³/mol. The van der Waals surface area contributed by atoms with Crippen LogP contribution < -0.4 is 10.2 Å². The molecule has 0 aliphatic rings. The van der Waals surface area contributed by atoms with E-state index >= 15 is 0 Å². The van der Waals surface area contributed by atoms with E-state index in [4.69, 9.17) is 14.7 Å². The lowest BCUT2D eigenvalue weighted by molar-refractivity contribution is -0.138. The van der Waals surface area contributed by atoms with Gasteiger partial charge in [-0.3, -0.25) is 14.2 Å². The molecule has 0 aliphatic carbocycles. The van der Waals surface area contributed by atoms with Gasteiger partial charge in [-0.1, -0.05) is 13.8 Å². The van der Waals surface area contributed by atoms with Gasteiger partial charge in [-0.2, -0.15) is 0 Å². The van der Waals surface area contributed by atoms with E-state index in [9.17, 15) is 14.2 Å². The summed E-state index contributed by atoms with van der Waals surface area (Å²) in [7, 11) is -3.72. The highest BCUT2D eigenvalue weighted by Crippen LogP contribution is 2.39. The van der Waals surface area contributed by atoms with Gasteiger partial charge >= 0.3 is 13.6 Å². The fourth-order valence-corrected chi connectivity index (χ4v) is 3.37. The first-order valence-corrected chi connectivity index (χ1v) is 8.43. The van der Waals surface area contributed by atoms with Crippen LogP contribution in [0.5, 0.6) is 0 Å². The summed E-state index contributed by atoms with van der Waals surface area (Å²) in [5.74, 6) is -1.60. The van der Waals surface area contributed by atoms with Crippen LogP contribution in [-0.2, 0) is 18.7 Å². The van der Waals surface area contributed by atoms with E-state index in [1.807, 2.05) is 0 Å². The second-order valence-electron chi connectivity index (χ2n) is 5.06. The van der Waals surface area contributed by atoms with Crippen molar-refractivity contribution >= 4 is 19.4 Å². The zero-order valence-corrected chi connectivity index (χ0v) is 13.7. The number of hydrogen-bond acceptors (Lipinski definition) is 5. The van der Waals surface area contributed by atoms with Crippen LogP contribution in [0.3, 0.4) is 0 Å². The van der Waals surface area contributed by atoms with Crippen molar-refractivity contribution in [3.05, 3.63) is 0 Å². The Balaban J connectivity index is 4.90. The minimum absolute atomic E-state index is 0.0251. The van der Waals surface area contributed by atoms with Crippen LogP contribution in [0.2, 0.25) is 0 Å². The number of nitrogens with one attached hydrogen (secondary N) is 2. The smallest absolute Gasteiger partial charge is 0.342 e. The highest BCUT2D eigenvalue weighted by molar-refractivity contribution is 7.54. The molecular formula is C12H25N2O6P. The van der Waals surface area contributed by atoms with Crippen LogP contribution in [0.1, 0.15) is 34.1 Å². The lowest BCUT2D eigenvalue weighted by Crippen LogP contribution is -2.42. The van der Waals surface area contributed by atoms with Crippen LogP contribution in [0.4, 0.5) is 0 Å². The number of carbonyl (C=O) groups is 2. The Labute approximate surface area is 124 Å². The highest BCUT2D eigenvalue weighted by atomic mass is 31.2. The molecule has 3 unspecified atom stereocenters. The topological polar surface area (TPSA) is 125 Å². The third kappa shape index (κ3) is 7.68. The van der Waals surface area contributed by atoms with Gasteiger partial charge in [0.2, 0.25) is 0 Å². The molecule has 9 heteroatoms. The van der Waals surface area contributed by atoms with E-state index in [2.05, 4.69) is 10.2 Å². The zero-order chi connectivity index (χ0) is 16.6. The van der Waals surface area contributed by atoms with Gasteiger partial charge in [-0.05, 0) is 20.3 Å². The summed E-state index contributed by atoms with van der Waals surface area (Å²) in [5.41, 5.74) is 0. The number of Topliss-reactive ketones (excluding diaryl/α,β-unsaturated/α-hetero) is 1. The number of aliphatic hydroxyl groups is 1. The van der Waals surface area contributed by atoms with Crippen molar-refractivity contribution in [3.8, 4) is 0 Å². The monoisotopic (exact) mass is 324 g/mol. The van der Waals surface area contributed by atoms with E-state index in [0.29, 0.717) is 0 Å². The van der Waals surface area contributed by atoms with Gasteiger partial charge in [0.05, 0.1) is 12.6 Å². The summed E-state index contributed by atoms with van der Waals surface area (Å²) in [6.07, 6.45) is 0.251. The molecule has 0 radical (unpaired) electrons. The summed E-state index contributed by atoms with van der Waals surface area (Å²) < 4.78 is 17.7. The highest BCUT2D eigenvalue weighted by Gasteiger charge is 2.32. The molecule has 0 saturated carbocycles. The number of carboxylic acids is 1. The van der Waals surface area contributed by atoms with Gasteiger partial charge in [0, 0.05) is 12.5 Å². The van der Waals surface area contributed by atoms with Crippen molar-refractivity contribution in [3.63, 3.8) is 0 Å². The van der Waals surface area contributed by atoms with Crippen molar-refractivity contribution in [1.82, 2.24) is 10.2 Å². The van der Waals surface area contributed by atoms with Crippen LogP contribution in [0.15, 0.2) is 0 Å². The second-order valence-corrected chi connectivity index (χ2v) is 6.94. The number of carbonyl (C=O) groups excluding carboxylic acids is 1. The van der Waals surface area contributed by atoms with Crippen LogP contribution in [0.25, 0.3) is 0 Å². The number of aliphatic hydroxyl groups excluding tert-OH is 1. The van der Waals surface area contributed by atoms with Gasteiger partial charge in [0.25, 0.3) is 0 Å². The first-order chi connectivity index (χ1) is 9.63. The maximum absolute atomic E-state index is 12.6. The SMILES string of the molecule is CC(C)C(=O)C(C)NP(=O)(NC(C)C(=O)O)OCCCO. The average Bonchev–Trinajstić information content (AvgIpc) is 2.37. The lowest BCUT2D eigenvalue weighted by atomic mass is 10.0. The number of carboxylic acid groups (broad SMARTS) is 1. The largest absolute Gasteiger partial charge is 0.480 e. The molecule has 124 valence electrons. The van der Waals surface area contributed by atoms with E-state index in [0.717, 1.165) is 0 Å². The Morgan fingerprint density at radius 3 is 2.10 bits per heavy atom. The molecule has 0 bridgehead atoms. The minimum atomic E-state index is -3.72. The molecule has 0 aromatic heterocycles. The summed E-state index contributed by atoms with van der Waals surface area (Å²) in [6, 6.07) is -1.86. The molecule has 0 aliphatic heterocycles. The number of ketones is 1. The van der Waals surface area contributed by atoms with E-state index in [1.165, 1.54) is 13.8 Å². The van der Waals surface area contributed by atoms with E-state index in [-0.39, 0.29) is 31.3 Å². The van der Waals surface area contributed by atoms with Crippen LogP contribution in [0, 0.1) is 5.92 Å². The quantitative estimate of drug-likeness (QED) is 0.324. The van der Waals surface area contributed by atoms with Crippen LogP contribution >= 0.6 is 7.67 Å². The zero-order valence-electron chi connectivity index (χ0n) is 12.8. The molecule has 0 spiro atoms. The maximum atomic E-state index is 12.6.